The lowest BCUT2D eigenvalue weighted by Gasteiger charge is -2.11. The van der Waals surface area contributed by atoms with Crippen LogP contribution in [0.2, 0.25) is 0 Å². The zero-order chi connectivity index (χ0) is 15.5. The third-order valence-corrected chi connectivity index (χ3v) is 4.67. The van der Waals surface area contributed by atoms with Gasteiger partial charge in [-0.1, -0.05) is 0 Å². The van der Waals surface area contributed by atoms with Crippen LogP contribution >= 0.6 is 0 Å². The summed E-state index contributed by atoms with van der Waals surface area (Å²) >= 11 is 0. The molecule has 1 fully saturated rings. The first-order valence-electron chi connectivity index (χ1n) is 6.26. The SMILES string of the molecule is NNc1ccc(S(=O)(=O)NCC2CCOC2)c([N+](=O)[O-])c1. The summed E-state index contributed by atoms with van der Waals surface area (Å²) in [6, 6.07) is 3.59. The largest absolute Gasteiger partial charge is 0.381 e. The normalized spacial score (nSPS) is 18.6. The van der Waals surface area contributed by atoms with Gasteiger partial charge in [0.2, 0.25) is 10.0 Å². The van der Waals surface area contributed by atoms with Gasteiger partial charge in [-0.3, -0.25) is 16.0 Å². The summed E-state index contributed by atoms with van der Waals surface area (Å²) in [4.78, 5) is 9.88. The Bertz CT molecular complexity index is 628. The Labute approximate surface area is 121 Å². The Morgan fingerprint density at radius 3 is 2.81 bits per heavy atom. The predicted octanol–water partition coefficient (Wildman–Crippen LogP) is 0.195. The maximum Gasteiger partial charge on any atom is 0.291 e. The average molecular weight is 316 g/mol. The lowest BCUT2D eigenvalue weighted by molar-refractivity contribution is -0.387. The van der Waals surface area contributed by atoms with E-state index in [1.807, 2.05) is 0 Å². The highest BCUT2D eigenvalue weighted by atomic mass is 32.2. The van der Waals surface area contributed by atoms with Crippen molar-refractivity contribution < 1.29 is 18.1 Å². The van der Waals surface area contributed by atoms with Crippen molar-refractivity contribution in [2.45, 2.75) is 11.3 Å². The minimum Gasteiger partial charge on any atom is -0.381 e. The molecule has 0 aliphatic carbocycles. The molecule has 10 heteroatoms. The fourth-order valence-electron chi connectivity index (χ4n) is 2.03. The Kier molecular flexibility index (Phi) is 4.73. The van der Waals surface area contributed by atoms with Gasteiger partial charge in [-0.15, -0.1) is 0 Å². The number of nitrogens with two attached hydrogens (primary N) is 1. The number of benzene rings is 1. The van der Waals surface area contributed by atoms with Gasteiger partial charge in [0, 0.05) is 19.2 Å². The summed E-state index contributed by atoms with van der Waals surface area (Å²) < 4.78 is 32.0. The van der Waals surface area contributed by atoms with Crippen LogP contribution in [-0.2, 0) is 14.8 Å². The standard InChI is InChI=1S/C11H16N4O5S/c12-14-9-1-2-11(10(5-9)15(16)17)21(18,19)13-6-8-3-4-20-7-8/h1-2,5,8,13-14H,3-4,6-7,12H2. The van der Waals surface area contributed by atoms with Crippen molar-refractivity contribution in [1.29, 1.82) is 0 Å². The lowest BCUT2D eigenvalue weighted by Crippen LogP contribution is -2.30. The summed E-state index contributed by atoms with van der Waals surface area (Å²) in [5.41, 5.74) is 1.97. The van der Waals surface area contributed by atoms with Crippen molar-refractivity contribution >= 4 is 21.4 Å². The van der Waals surface area contributed by atoms with Crippen LogP contribution in [-0.4, -0.2) is 33.1 Å². The third kappa shape index (κ3) is 3.67. The van der Waals surface area contributed by atoms with Crippen LogP contribution in [0.4, 0.5) is 11.4 Å². The van der Waals surface area contributed by atoms with Crippen molar-refractivity contribution in [3.05, 3.63) is 28.3 Å². The Morgan fingerprint density at radius 1 is 1.48 bits per heavy atom. The number of nitrogens with one attached hydrogen (secondary N) is 2. The fourth-order valence-corrected chi connectivity index (χ4v) is 3.29. The number of rotatable bonds is 6. The molecule has 0 radical (unpaired) electrons. The second-order valence-electron chi connectivity index (χ2n) is 4.67. The molecular formula is C11H16N4O5S. The van der Waals surface area contributed by atoms with E-state index in [2.05, 4.69) is 10.1 Å². The quantitative estimate of drug-likeness (QED) is 0.387. The molecule has 116 valence electrons. The van der Waals surface area contributed by atoms with Crippen LogP contribution in [0.5, 0.6) is 0 Å². The predicted molar refractivity (Wildman–Crippen MR) is 75.0 cm³/mol. The van der Waals surface area contributed by atoms with E-state index in [1.165, 1.54) is 6.07 Å². The number of ether oxygens (including phenoxy) is 1. The molecule has 9 nitrogen and oxygen atoms in total. The monoisotopic (exact) mass is 316 g/mol. The molecule has 4 N–H and O–H groups in total. The van der Waals surface area contributed by atoms with Gasteiger partial charge >= 0.3 is 0 Å². The van der Waals surface area contributed by atoms with Gasteiger partial charge in [-0.05, 0) is 24.5 Å². The number of nitro benzene ring substituents is 1. The van der Waals surface area contributed by atoms with E-state index in [0.29, 0.717) is 13.2 Å². The number of hydrogen-bond donors (Lipinski definition) is 3. The van der Waals surface area contributed by atoms with Crippen molar-refractivity contribution in [3.63, 3.8) is 0 Å². The topological polar surface area (TPSA) is 137 Å². The lowest BCUT2D eigenvalue weighted by atomic mass is 10.1. The Balaban J connectivity index is 2.23. The zero-order valence-electron chi connectivity index (χ0n) is 11.1. The molecule has 1 heterocycles. The van der Waals surface area contributed by atoms with Crippen LogP contribution in [0.3, 0.4) is 0 Å². The summed E-state index contributed by atoms with van der Waals surface area (Å²) in [7, 11) is -3.96. The first-order chi connectivity index (χ1) is 9.94. The average Bonchev–Trinajstić information content (AvgIpc) is 2.98. The summed E-state index contributed by atoms with van der Waals surface area (Å²) in [6.07, 6.45) is 0.765. The summed E-state index contributed by atoms with van der Waals surface area (Å²) in [5, 5.41) is 11.0. The van der Waals surface area contributed by atoms with Gasteiger partial charge in [0.15, 0.2) is 4.90 Å². The molecule has 21 heavy (non-hydrogen) atoms. The smallest absolute Gasteiger partial charge is 0.291 e. The number of sulfonamides is 1. The number of hydrazine groups is 1. The van der Waals surface area contributed by atoms with E-state index in [0.717, 1.165) is 18.6 Å². The van der Waals surface area contributed by atoms with Crippen LogP contribution in [0, 0.1) is 16.0 Å². The molecule has 2 rings (SSSR count). The van der Waals surface area contributed by atoms with E-state index in [-0.39, 0.29) is 23.0 Å². The number of anilines is 1. The van der Waals surface area contributed by atoms with E-state index in [1.54, 1.807) is 0 Å². The zero-order valence-corrected chi connectivity index (χ0v) is 11.9. The maximum atomic E-state index is 12.2. The van der Waals surface area contributed by atoms with E-state index in [4.69, 9.17) is 10.6 Å². The van der Waals surface area contributed by atoms with E-state index >= 15 is 0 Å². The van der Waals surface area contributed by atoms with Gasteiger partial charge in [0.1, 0.15) is 0 Å². The number of hydrogen-bond acceptors (Lipinski definition) is 7. The fraction of sp³-hybridized carbons (Fsp3) is 0.455. The van der Waals surface area contributed by atoms with Crippen LogP contribution in [0.25, 0.3) is 0 Å². The van der Waals surface area contributed by atoms with E-state index < -0.39 is 20.6 Å². The molecule has 0 amide bonds. The molecule has 0 bridgehead atoms. The molecule has 1 aliphatic heterocycles. The van der Waals surface area contributed by atoms with Gasteiger partial charge in [-0.25, -0.2) is 13.1 Å². The van der Waals surface area contributed by atoms with Crippen LogP contribution in [0.1, 0.15) is 6.42 Å². The highest BCUT2D eigenvalue weighted by molar-refractivity contribution is 7.89. The van der Waals surface area contributed by atoms with Crippen molar-refractivity contribution in [3.8, 4) is 0 Å². The molecular weight excluding hydrogens is 300 g/mol. The number of nitrogens with zero attached hydrogens (tertiary/aromatic N) is 1. The first-order valence-corrected chi connectivity index (χ1v) is 7.75. The minimum absolute atomic E-state index is 0.0869. The molecule has 0 spiro atoms. The van der Waals surface area contributed by atoms with Crippen LogP contribution < -0.4 is 16.0 Å². The molecule has 1 atom stereocenters. The highest BCUT2D eigenvalue weighted by Crippen LogP contribution is 2.27. The van der Waals surface area contributed by atoms with Gasteiger partial charge in [-0.2, -0.15) is 0 Å². The molecule has 1 saturated heterocycles. The van der Waals surface area contributed by atoms with Gasteiger partial charge in [0.25, 0.3) is 5.69 Å². The van der Waals surface area contributed by atoms with Crippen molar-refractivity contribution in [2.75, 3.05) is 25.2 Å². The molecule has 0 aromatic heterocycles. The Morgan fingerprint density at radius 2 is 2.24 bits per heavy atom. The summed E-state index contributed by atoms with van der Waals surface area (Å²) in [5.74, 6) is 5.25. The van der Waals surface area contributed by atoms with Gasteiger partial charge in [0.05, 0.1) is 17.2 Å². The molecule has 1 unspecified atom stereocenters. The minimum atomic E-state index is -3.96. The molecule has 0 saturated carbocycles. The third-order valence-electron chi connectivity index (χ3n) is 3.20. The molecule has 1 aromatic rings. The second kappa shape index (κ2) is 6.35. The van der Waals surface area contributed by atoms with Crippen molar-refractivity contribution in [1.82, 2.24) is 4.72 Å². The molecule has 1 aromatic carbocycles. The Hall–Kier alpha value is -1.75. The highest BCUT2D eigenvalue weighted by Gasteiger charge is 2.27. The molecule has 1 aliphatic rings. The van der Waals surface area contributed by atoms with Crippen molar-refractivity contribution in [2.24, 2.45) is 11.8 Å². The summed E-state index contributed by atoms with van der Waals surface area (Å²) in [6.45, 7) is 1.28. The van der Waals surface area contributed by atoms with Gasteiger partial charge < -0.3 is 10.2 Å². The number of nitrogen functional groups attached to an aromatic ring is 1. The maximum absolute atomic E-state index is 12.2. The van der Waals surface area contributed by atoms with E-state index in [9.17, 15) is 18.5 Å². The second-order valence-corrected chi connectivity index (χ2v) is 6.40. The first kappa shape index (κ1) is 15.6. The number of nitro groups is 1. The van der Waals surface area contributed by atoms with Crippen LogP contribution in [0.15, 0.2) is 23.1 Å².